The predicted molar refractivity (Wildman–Crippen MR) is 76.2 cm³/mol. The van der Waals surface area contributed by atoms with E-state index in [1.807, 2.05) is 5.51 Å². The van der Waals surface area contributed by atoms with Gasteiger partial charge in [0.05, 0.1) is 17.8 Å². The van der Waals surface area contributed by atoms with Gasteiger partial charge in [-0.1, -0.05) is 6.42 Å². The second-order valence-electron chi connectivity index (χ2n) is 5.38. The van der Waals surface area contributed by atoms with Crippen LogP contribution in [0, 0.1) is 12.3 Å². The van der Waals surface area contributed by atoms with Crippen molar-refractivity contribution >= 4 is 11.3 Å². The maximum atomic E-state index is 5.07. The predicted octanol–water partition coefficient (Wildman–Crippen LogP) is 2.79. The Balaban J connectivity index is 1.76. The van der Waals surface area contributed by atoms with E-state index in [2.05, 4.69) is 17.2 Å². The lowest BCUT2D eigenvalue weighted by molar-refractivity contribution is 0.112. The van der Waals surface area contributed by atoms with Crippen molar-refractivity contribution in [2.24, 2.45) is 5.41 Å². The zero-order valence-corrected chi connectivity index (χ0v) is 12.3. The van der Waals surface area contributed by atoms with Gasteiger partial charge in [0.25, 0.3) is 0 Å². The summed E-state index contributed by atoms with van der Waals surface area (Å²) >= 11 is 1.81. The number of aryl methyl sites for hydroxylation is 2. The monoisotopic (exact) mass is 268 g/mol. The van der Waals surface area contributed by atoms with Crippen LogP contribution in [0.25, 0.3) is 0 Å². The first-order chi connectivity index (χ1) is 8.76. The summed E-state index contributed by atoms with van der Waals surface area (Å²) in [7, 11) is 1.76. The van der Waals surface area contributed by atoms with Crippen LogP contribution in [0.15, 0.2) is 5.51 Å². The summed E-state index contributed by atoms with van der Waals surface area (Å²) in [6, 6.07) is 0. The third-order valence-corrected chi connectivity index (χ3v) is 5.12. The van der Waals surface area contributed by atoms with Crippen LogP contribution < -0.4 is 5.32 Å². The van der Waals surface area contributed by atoms with E-state index in [1.54, 1.807) is 18.4 Å². The molecule has 1 heterocycles. The topological polar surface area (TPSA) is 34.1 Å². The molecule has 0 bridgehead atoms. The molecule has 2 rings (SSSR count). The molecule has 0 saturated heterocycles. The van der Waals surface area contributed by atoms with E-state index in [9.17, 15) is 0 Å². The Morgan fingerprint density at radius 2 is 2.33 bits per heavy atom. The molecule has 4 heteroatoms. The standard InChI is InChI=1S/C14H24N2OS/c1-12-13(18-11-16-12)4-7-14(5-3-6-14)10-15-8-9-17-2/h11,15H,3-10H2,1-2H3. The van der Waals surface area contributed by atoms with Crippen LogP contribution in [0.5, 0.6) is 0 Å². The molecule has 1 aliphatic carbocycles. The molecule has 0 amide bonds. The summed E-state index contributed by atoms with van der Waals surface area (Å²) in [6.07, 6.45) is 6.65. The minimum atomic E-state index is 0.546. The van der Waals surface area contributed by atoms with Gasteiger partial charge in [0.15, 0.2) is 0 Å². The number of nitrogens with zero attached hydrogens (tertiary/aromatic N) is 1. The molecule has 0 spiro atoms. The van der Waals surface area contributed by atoms with Crippen molar-refractivity contribution in [1.29, 1.82) is 0 Å². The van der Waals surface area contributed by atoms with Gasteiger partial charge < -0.3 is 10.1 Å². The van der Waals surface area contributed by atoms with Gasteiger partial charge in [-0.2, -0.15) is 0 Å². The smallest absolute Gasteiger partial charge is 0.0797 e. The second-order valence-corrected chi connectivity index (χ2v) is 6.32. The molecule has 0 atom stereocenters. The highest BCUT2D eigenvalue weighted by atomic mass is 32.1. The number of nitrogens with one attached hydrogen (secondary N) is 1. The first-order valence-corrected chi connectivity index (χ1v) is 7.72. The van der Waals surface area contributed by atoms with Crippen LogP contribution >= 0.6 is 11.3 Å². The quantitative estimate of drug-likeness (QED) is 0.736. The summed E-state index contributed by atoms with van der Waals surface area (Å²) < 4.78 is 5.07. The van der Waals surface area contributed by atoms with E-state index in [-0.39, 0.29) is 0 Å². The van der Waals surface area contributed by atoms with Crippen molar-refractivity contribution in [2.45, 2.75) is 39.0 Å². The molecule has 1 aromatic heterocycles. The molecule has 0 aromatic carbocycles. The molecule has 3 nitrogen and oxygen atoms in total. The van der Waals surface area contributed by atoms with Crippen molar-refractivity contribution in [3.05, 3.63) is 16.1 Å². The fraction of sp³-hybridized carbons (Fsp3) is 0.786. The summed E-state index contributed by atoms with van der Waals surface area (Å²) in [5, 5.41) is 3.54. The van der Waals surface area contributed by atoms with Gasteiger partial charge in [0, 0.05) is 25.1 Å². The first kappa shape index (κ1) is 14.0. The Bertz CT molecular complexity index is 360. The number of thiazole rings is 1. The van der Waals surface area contributed by atoms with Gasteiger partial charge in [-0.3, -0.25) is 0 Å². The van der Waals surface area contributed by atoms with Gasteiger partial charge in [-0.15, -0.1) is 11.3 Å². The molecule has 18 heavy (non-hydrogen) atoms. The Labute approximate surface area is 114 Å². The normalized spacial score (nSPS) is 17.7. The highest BCUT2D eigenvalue weighted by molar-refractivity contribution is 7.09. The van der Waals surface area contributed by atoms with Gasteiger partial charge >= 0.3 is 0 Å². The highest BCUT2D eigenvalue weighted by Gasteiger charge is 2.36. The fourth-order valence-corrected chi connectivity index (χ4v) is 3.45. The number of rotatable bonds is 8. The lowest BCUT2D eigenvalue weighted by atomic mass is 9.66. The minimum Gasteiger partial charge on any atom is -0.383 e. The van der Waals surface area contributed by atoms with Gasteiger partial charge in [-0.05, 0) is 38.0 Å². The van der Waals surface area contributed by atoms with Gasteiger partial charge in [-0.25, -0.2) is 4.98 Å². The Morgan fingerprint density at radius 1 is 1.50 bits per heavy atom. The summed E-state index contributed by atoms with van der Waals surface area (Å²) in [6.45, 7) is 5.05. The van der Waals surface area contributed by atoms with Crippen molar-refractivity contribution in [3.8, 4) is 0 Å². The number of ether oxygens (including phenoxy) is 1. The molecule has 1 fully saturated rings. The minimum absolute atomic E-state index is 0.546. The average Bonchev–Trinajstić information content (AvgIpc) is 2.72. The molecular weight excluding hydrogens is 244 g/mol. The molecule has 102 valence electrons. The molecule has 1 aliphatic rings. The van der Waals surface area contributed by atoms with E-state index in [0.29, 0.717) is 5.41 Å². The third kappa shape index (κ3) is 3.53. The Morgan fingerprint density at radius 3 is 2.89 bits per heavy atom. The van der Waals surface area contributed by atoms with Crippen LogP contribution in [-0.4, -0.2) is 31.8 Å². The highest BCUT2D eigenvalue weighted by Crippen LogP contribution is 2.44. The van der Waals surface area contributed by atoms with Crippen LogP contribution in [0.4, 0.5) is 0 Å². The molecule has 1 aromatic rings. The Kier molecular flexibility index (Phi) is 5.15. The number of aromatic nitrogens is 1. The van der Waals surface area contributed by atoms with E-state index in [1.165, 1.54) is 42.7 Å². The summed E-state index contributed by atoms with van der Waals surface area (Å²) in [4.78, 5) is 5.80. The van der Waals surface area contributed by atoms with Gasteiger partial charge in [0.2, 0.25) is 0 Å². The zero-order chi connectivity index (χ0) is 12.8. The summed E-state index contributed by atoms with van der Waals surface area (Å²) in [5.74, 6) is 0. The molecule has 0 unspecified atom stereocenters. The molecule has 0 radical (unpaired) electrons. The van der Waals surface area contributed by atoms with E-state index < -0.39 is 0 Å². The van der Waals surface area contributed by atoms with E-state index >= 15 is 0 Å². The third-order valence-electron chi connectivity index (χ3n) is 4.12. The Hall–Kier alpha value is -0.450. The fourth-order valence-electron chi connectivity index (χ4n) is 2.66. The van der Waals surface area contributed by atoms with Crippen molar-refractivity contribution in [3.63, 3.8) is 0 Å². The van der Waals surface area contributed by atoms with Crippen LogP contribution in [0.3, 0.4) is 0 Å². The molecule has 1 N–H and O–H groups in total. The van der Waals surface area contributed by atoms with Crippen LogP contribution in [-0.2, 0) is 11.2 Å². The number of hydrogen-bond donors (Lipinski definition) is 1. The zero-order valence-electron chi connectivity index (χ0n) is 11.5. The molecule has 0 aliphatic heterocycles. The molecule has 1 saturated carbocycles. The maximum Gasteiger partial charge on any atom is 0.0797 e. The molecular formula is C14H24N2OS. The maximum absolute atomic E-state index is 5.07. The van der Waals surface area contributed by atoms with Crippen molar-refractivity contribution in [1.82, 2.24) is 10.3 Å². The second kappa shape index (κ2) is 6.64. The lowest BCUT2D eigenvalue weighted by Crippen LogP contribution is -2.41. The SMILES string of the molecule is COCCNCC1(CCc2scnc2C)CCC1. The number of hydrogen-bond acceptors (Lipinski definition) is 4. The average molecular weight is 268 g/mol. The van der Waals surface area contributed by atoms with E-state index in [4.69, 9.17) is 4.74 Å². The van der Waals surface area contributed by atoms with Crippen molar-refractivity contribution < 1.29 is 4.74 Å². The van der Waals surface area contributed by atoms with Crippen molar-refractivity contribution in [2.75, 3.05) is 26.8 Å². The van der Waals surface area contributed by atoms with Gasteiger partial charge in [0.1, 0.15) is 0 Å². The van der Waals surface area contributed by atoms with E-state index in [0.717, 1.165) is 19.7 Å². The van der Waals surface area contributed by atoms with Crippen LogP contribution in [0.2, 0.25) is 0 Å². The van der Waals surface area contributed by atoms with Crippen LogP contribution in [0.1, 0.15) is 36.3 Å². The number of methoxy groups -OCH3 is 1. The lowest BCUT2D eigenvalue weighted by Gasteiger charge is -2.42. The largest absolute Gasteiger partial charge is 0.383 e. The summed E-state index contributed by atoms with van der Waals surface area (Å²) in [5.41, 5.74) is 3.74. The first-order valence-electron chi connectivity index (χ1n) is 6.84.